The summed E-state index contributed by atoms with van der Waals surface area (Å²) >= 11 is 0. The molecule has 3 amide bonds. The third-order valence-electron chi connectivity index (χ3n) is 1.68. The van der Waals surface area contributed by atoms with E-state index in [2.05, 4.69) is 0 Å². The van der Waals surface area contributed by atoms with E-state index < -0.39 is 23.8 Å². The van der Waals surface area contributed by atoms with Gasteiger partial charge in [0.05, 0.1) is 11.9 Å². The molecule has 1 heterocycles. The first kappa shape index (κ1) is 13.4. The maximum Gasteiger partial charge on any atom is 0.254 e. The number of rotatable bonds is 3. The summed E-state index contributed by atoms with van der Waals surface area (Å²) in [6.45, 7) is -0.221. The molecule has 1 atom stereocenters. The van der Waals surface area contributed by atoms with Crippen molar-refractivity contribution in [3.8, 4) is 0 Å². The van der Waals surface area contributed by atoms with Gasteiger partial charge in [0.2, 0.25) is 0 Å². The fourth-order valence-electron chi connectivity index (χ4n) is 1.05. The van der Waals surface area contributed by atoms with Gasteiger partial charge in [-0.3, -0.25) is 14.5 Å². The zero-order valence-corrected chi connectivity index (χ0v) is 10.1. The maximum absolute atomic E-state index is 11.0. The van der Waals surface area contributed by atoms with Crippen molar-refractivity contribution in [2.45, 2.75) is 6.04 Å². The molecule has 7 heteroatoms. The van der Waals surface area contributed by atoms with Crippen molar-refractivity contribution in [3.63, 3.8) is 0 Å². The van der Waals surface area contributed by atoms with Gasteiger partial charge in [0, 0.05) is 51.4 Å². The van der Waals surface area contributed by atoms with E-state index in [0.29, 0.717) is 4.90 Å². The molecule has 0 aliphatic carbocycles. The molecule has 1 aliphatic rings. The zero-order chi connectivity index (χ0) is 10.0. The number of hydrogen-bond acceptors (Lipinski definition) is 4. The average molecular weight is 271 g/mol. The quantitative estimate of drug-likeness (QED) is 0.652. The van der Waals surface area contributed by atoms with Gasteiger partial charge in [-0.15, -0.1) is 0 Å². The minimum atomic E-state index is -1.16. The minimum Gasteiger partial charge on any atom is -0.666 e. The summed E-state index contributed by atoms with van der Waals surface area (Å²) in [6, 6.07) is -1.16. The standard InChI is InChI=1S/C7H9N3O3.Y/c8-3-4(7(9)13)10-5(11)1-2-6(10)12;/h1-2,4H,3,8H2,(H2,9,13);/p-1. The van der Waals surface area contributed by atoms with E-state index in [4.69, 9.17) is 11.5 Å². The molecule has 0 saturated carbocycles. The van der Waals surface area contributed by atoms with E-state index in [-0.39, 0.29) is 39.3 Å². The number of nitrogens with zero attached hydrogens (tertiary/aromatic N) is 1. The largest absolute Gasteiger partial charge is 0.666 e. The first-order valence-electron chi connectivity index (χ1n) is 3.58. The molecular formula is C7H8N3O3Y-. The SMILES string of the molecule is [NH-]C(=O)C(CN)N1C(=O)C=CC1=O.[Y]. The fraction of sp³-hybridized carbons (Fsp3) is 0.286. The van der Waals surface area contributed by atoms with Crippen LogP contribution in [0.2, 0.25) is 0 Å². The van der Waals surface area contributed by atoms with Crippen molar-refractivity contribution in [2.75, 3.05) is 6.54 Å². The number of nitrogens with two attached hydrogens (primary N) is 1. The van der Waals surface area contributed by atoms with E-state index in [1.807, 2.05) is 0 Å². The number of nitrogens with one attached hydrogen (secondary N) is 1. The summed E-state index contributed by atoms with van der Waals surface area (Å²) in [4.78, 5) is 33.4. The molecule has 1 rings (SSSR count). The second kappa shape index (κ2) is 5.33. The third-order valence-corrected chi connectivity index (χ3v) is 1.68. The first-order chi connectivity index (χ1) is 6.07. The van der Waals surface area contributed by atoms with Crippen molar-refractivity contribution >= 4 is 17.7 Å². The molecule has 0 aromatic carbocycles. The van der Waals surface area contributed by atoms with Crippen molar-refractivity contribution in [1.82, 2.24) is 4.90 Å². The Hall–Kier alpha value is -0.586. The van der Waals surface area contributed by atoms with Crippen LogP contribution < -0.4 is 5.73 Å². The predicted octanol–water partition coefficient (Wildman–Crippen LogP) is -1.18. The Bertz CT molecular complexity index is 285. The molecule has 3 N–H and O–H groups in total. The van der Waals surface area contributed by atoms with Crippen LogP contribution in [0.5, 0.6) is 0 Å². The smallest absolute Gasteiger partial charge is 0.254 e. The topological polar surface area (TPSA) is 104 Å². The van der Waals surface area contributed by atoms with E-state index in [9.17, 15) is 14.4 Å². The number of imide groups is 1. The van der Waals surface area contributed by atoms with Gasteiger partial charge in [0.1, 0.15) is 0 Å². The molecule has 0 spiro atoms. The van der Waals surface area contributed by atoms with Crippen LogP contribution in [0.25, 0.3) is 5.73 Å². The summed E-state index contributed by atoms with van der Waals surface area (Å²) in [7, 11) is 0. The Kier molecular flexibility index (Phi) is 5.11. The van der Waals surface area contributed by atoms with E-state index in [1.54, 1.807) is 0 Å². The van der Waals surface area contributed by atoms with E-state index in [1.165, 1.54) is 0 Å². The van der Waals surface area contributed by atoms with Crippen LogP contribution in [-0.4, -0.2) is 35.2 Å². The molecule has 1 radical (unpaired) electrons. The summed E-state index contributed by atoms with van der Waals surface area (Å²) in [6.07, 6.45) is 2.10. The molecule has 14 heavy (non-hydrogen) atoms. The van der Waals surface area contributed by atoms with Crippen LogP contribution in [0.15, 0.2) is 12.2 Å². The van der Waals surface area contributed by atoms with Crippen LogP contribution in [0.4, 0.5) is 0 Å². The molecule has 1 unspecified atom stereocenters. The maximum atomic E-state index is 11.0. The molecule has 1 aliphatic heterocycles. The second-order valence-corrected chi connectivity index (χ2v) is 2.50. The van der Waals surface area contributed by atoms with Gasteiger partial charge in [-0.2, -0.15) is 0 Å². The number of carbonyl (C=O) groups excluding carboxylic acids is 3. The van der Waals surface area contributed by atoms with Gasteiger partial charge >= 0.3 is 0 Å². The molecule has 0 bridgehead atoms. The van der Waals surface area contributed by atoms with Gasteiger partial charge in [-0.05, 0) is 0 Å². The molecule has 0 saturated heterocycles. The Morgan fingerprint density at radius 1 is 1.43 bits per heavy atom. The van der Waals surface area contributed by atoms with Gasteiger partial charge in [-0.1, -0.05) is 0 Å². The Labute approximate surface area is 106 Å². The van der Waals surface area contributed by atoms with Gasteiger partial charge in [0.25, 0.3) is 11.8 Å². The molecule has 73 valence electrons. The summed E-state index contributed by atoms with van der Waals surface area (Å²) in [5, 5.41) is 0. The van der Waals surface area contributed by atoms with Crippen molar-refractivity contribution in [2.24, 2.45) is 5.73 Å². The minimum absolute atomic E-state index is 0. The third kappa shape index (κ3) is 2.46. The summed E-state index contributed by atoms with van der Waals surface area (Å²) < 4.78 is 0. The summed E-state index contributed by atoms with van der Waals surface area (Å²) in [5.74, 6) is -2.23. The summed E-state index contributed by atoms with van der Waals surface area (Å²) in [5.41, 5.74) is 12.0. The molecule has 0 aromatic heterocycles. The van der Waals surface area contributed by atoms with Crippen LogP contribution in [-0.2, 0) is 47.1 Å². The average Bonchev–Trinajstić information content (AvgIpc) is 2.36. The first-order valence-corrected chi connectivity index (χ1v) is 3.58. The number of amides is 3. The molecule has 0 aromatic rings. The van der Waals surface area contributed by atoms with Crippen LogP contribution >= 0.6 is 0 Å². The number of carbonyl (C=O) groups is 3. The Morgan fingerprint density at radius 3 is 2.14 bits per heavy atom. The van der Waals surface area contributed by atoms with Gasteiger partial charge in [-0.25, -0.2) is 0 Å². The van der Waals surface area contributed by atoms with Crippen molar-refractivity contribution in [1.29, 1.82) is 0 Å². The molecular weight excluding hydrogens is 263 g/mol. The predicted molar refractivity (Wildman–Crippen MR) is 43.2 cm³/mol. The molecule has 6 nitrogen and oxygen atoms in total. The van der Waals surface area contributed by atoms with E-state index >= 15 is 0 Å². The number of hydrogen-bond donors (Lipinski definition) is 1. The van der Waals surface area contributed by atoms with Gasteiger partial charge in [0.15, 0.2) is 0 Å². The van der Waals surface area contributed by atoms with Gasteiger partial charge < -0.3 is 16.3 Å². The van der Waals surface area contributed by atoms with Crippen LogP contribution in [0.1, 0.15) is 0 Å². The van der Waals surface area contributed by atoms with E-state index in [0.717, 1.165) is 12.2 Å². The van der Waals surface area contributed by atoms with Crippen molar-refractivity contribution < 1.29 is 47.1 Å². The van der Waals surface area contributed by atoms with Crippen LogP contribution in [0.3, 0.4) is 0 Å². The molecule has 0 fully saturated rings. The zero-order valence-electron chi connectivity index (χ0n) is 7.27. The normalized spacial score (nSPS) is 16.8. The van der Waals surface area contributed by atoms with Crippen LogP contribution in [0, 0.1) is 0 Å². The second-order valence-electron chi connectivity index (χ2n) is 2.50. The Morgan fingerprint density at radius 2 is 1.86 bits per heavy atom. The Balaban J connectivity index is 0.00000169. The monoisotopic (exact) mass is 271 g/mol. The van der Waals surface area contributed by atoms with Crippen molar-refractivity contribution in [3.05, 3.63) is 17.9 Å². The fourth-order valence-corrected chi connectivity index (χ4v) is 1.05.